The number of anilines is 2. The Morgan fingerprint density at radius 2 is 1.44 bits per heavy atom. The SMILES string of the molecule is Nc1ccc2c(c1O)=c1ccc(O)c(N)c1=2. The molecule has 80 valence electrons. The van der Waals surface area contributed by atoms with E-state index in [0.717, 1.165) is 15.7 Å². The largest absolute Gasteiger partial charge is 0.506 e. The van der Waals surface area contributed by atoms with E-state index in [0.29, 0.717) is 16.6 Å². The van der Waals surface area contributed by atoms with Crippen LogP contribution in [-0.2, 0) is 0 Å². The van der Waals surface area contributed by atoms with Crippen molar-refractivity contribution in [2.45, 2.75) is 0 Å². The molecule has 0 atom stereocenters. The molecule has 0 radical (unpaired) electrons. The van der Waals surface area contributed by atoms with Crippen molar-refractivity contribution in [3.05, 3.63) is 45.1 Å². The number of hydrogen-bond donors (Lipinski definition) is 4. The number of aromatic hydroxyl groups is 2. The van der Waals surface area contributed by atoms with Crippen LogP contribution in [0.4, 0.5) is 11.4 Å². The van der Waals surface area contributed by atoms with Crippen LogP contribution in [0, 0.1) is 20.9 Å². The minimum atomic E-state index is 0.0562. The van der Waals surface area contributed by atoms with Crippen LogP contribution in [-0.4, -0.2) is 10.2 Å². The van der Waals surface area contributed by atoms with Gasteiger partial charge in [-0.1, -0.05) is 6.07 Å². The minimum absolute atomic E-state index is 0.0562. The molecule has 0 aliphatic heterocycles. The van der Waals surface area contributed by atoms with E-state index in [1.54, 1.807) is 18.2 Å². The van der Waals surface area contributed by atoms with Crippen molar-refractivity contribution in [3.8, 4) is 11.5 Å². The van der Waals surface area contributed by atoms with Crippen LogP contribution < -0.4 is 11.5 Å². The smallest absolute Gasteiger partial charge is 0.146 e. The number of benzene rings is 2. The average molecular weight is 214 g/mol. The number of phenols is 2. The first-order valence-electron chi connectivity index (χ1n) is 4.85. The molecule has 4 heteroatoms. The topological polar surface area (TPSA) is 92.5 Å². The predicted octanol–water partition coefficient (Wildman–Crippen LogP) is 1.15. The molecule has 4 nitrogen and oxygen atoms in total. The molecule has 0 saturated heterocycles. The van der Waals surface area contributed by atoms with E-state index in [1.165, 1.54) is 6.07 Å². The van der Waals surface area contributed by atoms with E-state index < -0.39 is 0 Å². The molecule has 3 rings (SSSR count). The van der Waals surface area contributed by atoms with Gasteiger partial charge in [-0.3, -0.25) is 0 Å². The van der Waals surface area contributed by atoms with Gasteiger partial charge in [0.1, 0.15) is 11.5 Å². The van der Waals surface area contributed by atoms with E-state index in [2.05, 4.69) is 0 Å². The highest BCUT2D eigenvalue weighted by atomic mass is 16.3. The molecular weight excluding hydrogens is 204 g/mol. The van der Waals surface area contributed by atoms with Crippen LogP contribution in [0.25, 0.3) is 0 Å². The van der Waals surface area contributed by atoms with Crippen molar-refractivity contribution in [2.75, 3.05) is 11.5 Å². The Balaban J connectivity index is 2.65. The summed E-state index contributed by atoms with van der Waals surface area (Å²) in [6.07, 6.45) is 0. The first-order valence-corrected chi connectivity index (χ1v) is 4.85. The number of phenolic OH excluding ortho intramolecular Hbond substituents is 2. The maximum atomic E-state index is 9.82. The number of rotatable bonds is 0. The van der Waals surface area contributed by atoms with Gasteiger partial charge in [0.05, 0.1) is 11.4 Å². The van der Waals surface area contributed by atoms with Gasteiger partial charge in [-0.05, 0) is 28.6 Å². The predicted molar refractivity (Wildman–Crippen MR) is 60.4 cm³/mol. The van der Waals surface area contributed by atoms with Crippen molar-refractivity contribution >= 4 is 11.4 Å². The molecular formula is C12H10N2O2. The van der Waals surface area contributed by atoms with Crippen LogP contribution in [0.15, 0.2) is 24.3 Å². The van der Waals surface area contributed by atoms with Crippen molar-refractivity contribution in [1.29, 1.82) is 0 Å². The third-order valence-corrected chi connectivity index (χ3v) is 2.97. The average Bonchev–Trinajstić information content (AvgIpc) is 2.22. The summed E-state index contributed by atoms with van der Waals surface area (Å²) in [4.78, 5) is 0. The second-order valence-electron chi connectivity index (χ2n) is 3.85. The van der Waals surface area contributed by atoms with Gasteiger partial charge in [0.25, 0.3) is 0 Å². The van der Waals surface area contributed by atoms with Crippen LogP contribution in [0.2, 0.25) is 0 Å². The van der Waals surface area contributed by atoms with E-state index >= 15 is 0 Å². The van der Waals surface area contributed by atoms with Crippen LogP contribution in [0.5, 0.6) is 11.5 Å². The number of hydrogen-bond acceptors (Lipinski definition) is 4. The summed E-state index contributed by atoms with van der Waals surface area (Å²) >= 11 is 0. The Labute approximate surface area is 90.4 Å². The Hall–Kier alpha value is -2.36. The molecule has 2 aromatic carbocycles. The molecule has 0 heterocycles. The fourth-order valence-corrected chi connectivity index (χ4v) is 2.13. The molecule has 0 unspecified atom stereocenters. The summed E-state index contributed by atoms with van der Waals surface area (Å²) in [5.74, 6) is 0.135. The quantitative estimate of drug-likeness (QED) is 0.333. The minimum Gasteiger partial charge on any atom is -0.506 e. The summed E-state index contributed by atoms with van der Waals surface area (Å²) in [6, 6.07) is 6.66. The van der Waals surface area contributed by atoms with Gasteiger partial charge in [-0.15, -0.1) is 0 Å². The number of fused-ring (bicyclic) bond motifs is 2. The lowest BCUT2D eigenvalue weighted by Crippen LogP contribution is -1.99. The summed E-state index contributed by atoms with van der Waals surface area (Å²) in [7, 11) is 0. The first kappa shape index (κ1) is 8.91. The Morgan fingerprint density at radius 1 is 0.812 bits per heavy atom. The lowest BCUT2D eigenvalue weighted by atomic mass is 9.98. The van der Waals surface area contributed by atoms with Crippen LogP contribution in [0.3, 0.4) is 0 Å². The van der Waals surface area contributed by atoms with E-state index in [4.69, 9.17) is 11.5 Å². The molecule has 0 fully saturated rings. The normalized spacial score (nSPS) is 11.5. The van der Waals surface area contributed by atoms with Crippen LogP contribution in [0.1, 0.15) is 0 Å². The highest BCUT2D eigenvalue weighted by molar-refractivity contribution is 5.61. The zero-order valence-corrected chi connectivity index (χ0v) is 8.36. The fourth-order valence-electron chi connectivity index (χ4n) is 2.13. The number of nitrogen functional groups attached to an aromatic ring is 2. The molecule has 0 saturated carbocycles. The molecule has 0 bridgehead atoms. The Kier molecular flexibility index (Phi) is 1.45. The molecule has 6 N–H and O–H groups in total. The second-order valence-corrected chi connectivity index (χ2v) is 3.85. The maximum Gasteiger partial charge on any atom is 0.146 e. The van der Waals surface area contributed by atoms with Crippen LogP contribution >= 0.6 is 0 Å². The van der Waals surface area contributed by atoms with Crippen molar-refractivity contribution in [2.24, 2.45) is 0 Å². The molecule has 16 heavy (non-hydrogen) atoms. The van der Waals surface area contributed by atoms with E-state index in [9.17, 15) is 10.2 Å². The molecule has 0 amide bonds. The fraction of sp³-hybridized carbons (Fsp3) is 0. The van der Waals surface area contributed by atoms with Gasteiger partial charge >= 0.3 is 0 Å². The summed E-state index contributed by atoms with van der Waals surface area (Å²) < 4.78 is 0. The number of nitrogens with two attached hydrogens (primary N) is 2. The Bertz CT molecular complexity index is 705. The van der Waals surface area contributed by atoms with Crippen molar-refractivity contribution in [3.63, 3.8) is 0 Å². The van der Waals surface area contributed by atoms with Gasteiger partial charge in [0.15, 0.2) is 0 Å². The van der Waals surface area contributed by atoms with Gasteiger partial charge in [-0.2, -0.15) is 0 Å². The second kappa shape index (κ2) is 2.61. The Morgan fingerprint density at radius 3 is 2.19 bits per heavy atom. The lowest BCUT2D eigenvalue weighted by Gasteiger charge is -2.11. The van der Waals surface area contributed by atoms with Gasteiger partial charge in [0, 0.05) is 10.4 Å². The van der Waals surface area contributed by atoms with Gasteiger partial charge in [-0.25, -0.2) is 0 Å². The molecule has 2 aromatic rings. The monoisotopic (exact) mass is 214 g/mol. The summed E-state index contributed by atoms with van der Waals surface area (Å²) in [5.41, 5.74) is 12.1. The standard InChI is InChI=1S/C12H10N2O2/c13-7-3-1-5-9-6(10(5)12(7)16)2-4-8(15)11(9)14/h1-4,15-16H,13-14H2. The highest BCUT2D eigenvalue weighted by Crippen LogP contribution is 2.32. The molecule has 0 aromatic heterocycles. The third kappa shape index (κ3) is 0.839. The zero-order chi connectivity index (χ0) is 11.4. The van der Waals surface area contributed by atoms with Gasteiger partial charge < -0.3 is 21.7 Å². The van der Waals surface area contributed by atoms with E-state index in [1.807, 2.05) is 0 Å². The molecule has 1 aliphatic carbocycles. The third-order valence-electron chi connectivity index (χ3n) is 2.97. The molecule has 0 spiro atoms. The van der Waals surface area contributed by atoms with Crippen molar-refractivity contribution in [1.82, 2.24) is 0 Å². The first-order chi connectivity index (χ1) is 7.61. The summed E-state index contributed by atoms with van der Waals surface area (Å²) in [6.45, 7) is 0. The lowest BCUT2D eigenvalue weighted by molar-refractivity contribution is 0.471. The van der Waals surface area contributed by atoms with E-state index in [-0.39, 0.29) is 11.5 Å². The maximum absolute atomic E-state index is 9.82. The zero-order valence-electron chi connectivity index (χ0n) is 8.36. The van der Waals surface area contributed by atoms with Crippen molar-refractivity contribution < 1.29 is 10.2 Å². The van der Waals surface area contributed by atoms with Gasteiger partial charge in [0.2, 0.25) is 0 Å². The highest BCUT2D eigenvalue weighted by Gasteiger charge is 2.12. The molecule has 1 aliphatic rings. The summed E-state index contributed by atoms with van der Waals surface area (Å²) in [5, 5.41) is 22.5.